The first-order chi connectivity index (χ1) is 10.6. The zero-order chi connectivity index (χ0) is 16.1. The molecule has 0 fully saturated rings. The molecule has 1 rings (SSSR count). The molecule has 0 bridgehead atoms. The van der Waals surface area contributed by atoms with Crippen molar-refractivity contribution in [2.45, 2.75) is 84.5 Å². The number of unbranched alkanes of at least 4 members (excludes halogenated alkanes) is 8. The third kappa shape index (κ3) is 10.3. The molecule has 0 radical (unpaired) electrons. The molecule has 0 aliphatic carbocycles. The standard InChI is InChI=1S/C21H35Cl/c1-21(2,19-20-15-11-10-12-16-20)17-13-8-6-4-3-5-7-9-14-18-22/h10-12,15-16H,3-9,13-14,17-19H2,1-2H3. The van der Waals surface area contributed by atoms with Crippen molar-refractivity contribution in [2.24, 2.45) is 5.41 Å². The van der Waals surface area contributed by atoms with Gasteiger partial charge in [-0.2, -0.15) is 0 Å². The summed E-state index contributed by atoms with van der Waals surface area (Å²) in [6, 6.07) is 10.9. The number of hydrogen-bond donors (Lipinski definition) is 0. The number of alkyl halides is 1. The first kappa shape index (κ1) is 19.6. The Morgan fingerprint density at radius 1 is 0.727 bits per heavy atom. The molecule has 0 saturated heterocycles. The summed E-state index contributed by atoms with van der Waals surface area (Å²) in [5, 5.41) is 0. The minimum atomic E-state index is 0.433. The third-order valence-electron chi connectivity index (χ3n) is 4.51. The van der Waals surface area contributed by atoms with Crippen molar-refractivity contribution in [1.82, 2.24) is 0 Å². The van der Waals surface area contributed by atoms with Gasteiger partial charge in [-0.05, 0) is 30.2 Å². The lowest BCUT2D eigenvalue weighted by Gasteiger charge is -2.24. The van der Waals surface area contributed by atoms with E-state index >= 15 is 0 Å². The number of benzene rings is 1. The Balaban J connectivity index is 1.99. The van der Waals surface area contributed by atoms with Gasteiger partial charge >= 0.3 is 0 Å². The first-order valence-corrected chi connectivity index (χ1v) is 9.77. The maximum Gasteiger partial charge on any atom is 0.0223 e. The van der Waals surface area contributed by atoms with Crippen LogP contribution in [-0.4, -0.2) is 5.88 Å². The average molecular weight is 323 g/mol. The van der Waals surface area contributed by atoms with Gasteiger partial charge in [-0.1, -0.05) is 95.5 Å². The third-order valence-corrected chi connectivity index (χ3v) is 4.78. The van der Waals surface area contributed by atoms with E-state index in [0.29, 0.717) is 5.41 Å². The quantitative estimate of drug-likeness (QED) is 0.262. The zero-order valence-corrected chi connectivity index (χ0v) is 15.5. The second-order valence-electron chi connectivity index (χ2n) is 7.45. The predicted octanol–water partition coefficient (Wildman–Crippen LogP) is 7.40. The van der Waals surface area contributed by atoms with Gasteiger partial charge in [0.25, 0.3) is 0 Å². The van der Waals surface area contributed by atoms with E-state index in [2.05, 4.69) is 44.2 Å². The average Bonchev–Trinajstić information content (AvgIpc) is 2.49. The molecule has 0 aliphatic heterocycles. The molecule has 1 aromatic carbocycles. The van der Waals surface area contributed by atoms with E-state index in [1.165, 1.54) is 76.2 Å². The Hall–Kier alpha value is -0.490. The molecule has 0 heterocycles. The van der Waals surface area contributed by atoms with Gasteiger partial charge in [0.1, 0.15) is 0 Å². The fraction of sp³-hybridized carbons (Fsp3) is 0.714. The molecule has 0 saturated carbocycles. The van der Waals surface area contributed by atoms with Crippen molar-refractivity contribution in [2.75, 3.05) is 5.88 Å². The fourth-order valence-corrected chi connectivity index (χ4v) is 3.36. The summed E-state index contributed by atoms with van der Waals surface area (Å²) in [4.78, 5) is 0. The highest BCUT2D eigenvalue weighted by molar-refractivity contribution is 6.17. The zero-order valence-electron chi connectivity index (χ0n) is 14.7. The Labute approximate surface area is 143 Å². The van der Waals surface area contributed by atoms with Crippen LogP contribution in [0, 0.1) is 5.41 Å². The smallest absolute Gasteiger partial charge is 0.0223 e. The van der Waals surface area contributed by atoms with Crippen LogP contribution in [0.5, 0.6) is 0 Å². The maximum absolute atomic E-state index is 5.69. The molecule has 0 unspecified atom stereocenters. The summed E-state index contributed by atoms with van der Waals surface area (Å²) >= 11 is 5.69. The summed E-state index contributed by atoms with van der Waals surface area (Å²) in [5.41, 5.74) is 1.91. The molecular formula is C21H35Cl. The summed E-state index contributed by atoms with van der Waals surface area (Å²) < 4.78 is 0. The van der Waals surface area contributed by atoms with Gasteiger partial charge in [-0.25, -0.2) is 0 Å². The van der Waals surface area contributed by atoms with Crippen LogP contribution >= 0.6 is 11.6 Å². The Morgan fingerprint density at radius 2 is 1.23 bits per heavy atom. The Morgan fingerprint density at radius 3 is 1.77 bits per heavy atom. The fourth-order valence-electron chi connectivity index (χ4n) is 3.17. The summed E-state index contributed by atoms with van der Waals surface area (Å²) in [6.45, 7) is 4.83. The highest BCUT2D eigenvalue weighted by atomic mass is 35.5. The molecule has 1 aromatic rings. The summed E-state index contributed by atoms with van der Waals surface area (Å²) in [6.07, 6.45) is 14.9. The molecule has 0 aromatic heterocycles. The topological polar surface area (TPSA) is 0 Å². The van der Waals surface area contributed by atoms with Crippen molar-refractivity contribution in [3.63, 3.8) is 0 Å². The molecule has 0 N–H and O–H groups in total. The van der Waals surface area contributed by atoms with E-state index in [4.69, 9.17) is 11.6 Å². The monoisotopic (exact) mass is 322 g/mol. The van der Waals surface area contributed by atoms with Gasteiger partial charge in [0, 0.05) is 5.88 Å². The first-order valence-electron chi connectivity index (χ1n) is 9.24. The minimum Gasteiger partial charge on any atom is -0.127 e. The van der Waals surface area contributed by atoms with Gasteiger partial charge in [0.15, 0.2) is 0 Å². The summed E-state index contributed by atoms with van der Waals surface area (Å²) in [7, 11) is 0. The van der Waals surface area contributed by atoms with Gasteiger partial charge in [-0.15, -0.1) is 11.6 Å². The van der Waals surface area contributed by atoms with Crippen LogP contribution in [0.15, 0.2) is 30.3 Å². The van der Waals surface area contributed by atoms with Gasteiger partial charge < -0.3 is 0 Å². The number of hydrogen-bond acceptors (Lipinski definition) is 0. The largest absolute Gasteiger partial charge is 0.127 e. The number of halogens is 1. The molecular weight excluding hydrogens is 288 g/mol. The molecule has 22 heavy (non-hydrogen) atoms. The minimum absolute atomic E-state index is 0.433. The second kappa shape index (κ2) is 12.0. The Bertz CT molecular complexity index is 355. The molecule has 126 valence electrons. The van der Waals surface area contributed by atoms with Crippen LogP contribution in [0.4, 0.5) is 0 Å². The van der Waals surface area contributed by atoms with E-state index in [0.717, 1.165) is 5.88 Å². The van der Waals surface area contributed by atoms with Crippen molar-refractivity contribution >= 4 is 11.6 Å². The predicted molar refractivity (Wildman–Crippen MR) is 101 cm³/mol. The lowest BCUT2D eigenvalue weighted by molar-refractivity contribution is 0.316. The SMILES string of the molecule is CC(C)(CCCCCCCCCCCCl)Cc1ccccc1. The van der Waals surface area contributed by atoms with Gasteiger partial charge in [-0.3, -0.25) is 0 Å². The van der Waals surface area contributed by atoms with Crippen LogP contribution in [-0.2, 0) is 6.42 Å². The van der Waals surface area contributed by atoms with Crippen molar-refractivity contribution < 1.29 is 0 Å². The Kier molecular flexibility index (Phi) is 10.7. The molecule has 0 aliphatic rings. The molecule has 1 heteroatoms. The van der Waals surface area contributed by atoms with Crippen molar-refractivity contribution in [1.29, 1.82) is 0 Å². The van der Waals surface area contributed by atoms with Crippen LogP contribution in [0.1, 0.15) is 83.6 Å². The molecule has 0 amide bonds. The lowest BCUT2D eigenvalue weighted by Crippen LogP contribution is -2.14. The van der Waals surface area contributed by atoms with Crippen LogP contribution in [0.2, 0.25) is 0 Å². The molecule has 0 spiro atoms. The highest BCUT2D eigenvalue weighted by Gasteiger charge is 2.17. The van der Waals surface area contributed by atoms with E-state index in [-0.39, 0.29) is 0 Å². The second-order valence-corrected chi connectivity index (χ2v) is 7.83. The van der Waals surface area contributed by atoms with Crippen LogP contribution in [0.3, 0.4) is 0 Å². The van der Waals surface area contributed by atoms with Crippen LogP contribution in [0.25, 0.3) is 0 Å². The lowest BCUT2D eigenvalue weighted by atomic mass is 9.81. The normalized spacial score (nSPS) is 11.8. The van der Waals surface area contributed by atoms with Crippen LogP contribution < -0.4 is 0 Å². The van der Waals surface area contributed by atoms with E-state index in [1.807, 2.05) is 0 Å². The van der Waals surface area contributed by atoms with E-state index in [9.17, 15) is 0 Å². The maximum atomic E-state index is 5.69. The highest BCUT2D eigenvalue weighted by Crippen LogP contribution is 2.28. The van der Waals surface area contributed by atoms with E-state index < -0.39 is 0 Å². The van der Waals surface area contributed by atoms with Gasteiger partial charge in [0.2, 0.25) is 0 Å². The number of rotatable bonds is 13. The van der Waals surface area contributed by atoms with E-state index in [1.54, 1.807) is 0 Å². The van der Waals surface area contributed by atoms with Gasteiger partial charge in [0.05, 0.1) is 0 Å². The van der Waals surface area contributed by atoms with Crippen molar-refractivity contribution in [3.05, 3.63) is 35.9 Å². The van der Waals surface area contributed by atoms with Crippen molar-refractivity contribution in [3.8, 4) is 0 Å². The summed E-state index contributed by atoms with van der Waals surface area (Å²) in [5.74, 6) is 0.832. The molecule has 0 atom stereocenters. The molecule has 0 nitrogen and oxygen atoms in total.